The van der Waals surface area contributed by atoms with Gasteiger partial charge in [-0.3, -0.25) is 14.2 Å². The Labute approximate surface area is 155 Å². The smallest absolute Gasteiger partial charge is 0.261 e. The lowest BCUT2D eigenvalue weighted by molar-refractivity contribution is -0.116. The fourth-order valence-electron chi connectivity index (χ4n) is 2.29. The molecule has 0 unspecified atom stereocenters. The average molecular weight is 451 g/mol. The number of amides is 1. The van der Waals surface area contributed by atoms with Gasteiger partial charge in [-0.15, -0.1) is 0 Å². The molecule has 7 heteroatoms. The Morgan fingerprint density at radius 2 is 1.96 bits per heavy atom. The van der Waals surface area contributed by atoms with Gasteiger partial charge in [0.05, 0.1) is 22.9 Å². The topological polar surface area (TPSA) is 64.0 Å². The molecule has 24 heavy (non-hydrogen) atoms. The van der Waals surface area contributed by atoms with Crippen molar-refractivity contribution >= 4 is 54.4 Å². The monoisotopic (exact) mass is 449 g/mol. The lowest BCUT2D eigenvalue weighted by Gasteiger charge is -2.09. The Kier molecular flexibility index (Phi) is 5.11. The molecule has 0 saturated heterocycles. The van der Waals surface area contributed by atoms with Crippen LogP contribution in [0.25, 0.3) is 10.9 Å². The number of carbonyl (C=O) groups is 1. The number of anilines is 1. The molecule has 1 amide bonds. The summed E-state index contributed by atoms with van der Waals surface area (Å²) in [6.45, 7) is 0.268. The summed E-state index contributed by atoms with van der Waals surface area (Å²) in [7, 11) is 0. The average Bonchev–Trinajstić information content (AvgIpc) is 2.57. The van der Waals surface area contributed by atoms with E-state index in [0.717, 1.165) is 8.95 Å². The molecule has 0 saturated carbocycles. The Morgan fingerprint density at radius 1 is 1.17 bits per heavy atom. The third-order valence-electron chi connectivity index (χ3n) is 3.51. The predicted octanol–water partition coefficient (Wildman–Crippen LogP) is 3.95. The van der Waals surface area contributed by atoms with E-state index >= 15 is 0 Å². The van der Waals surface area contributed by atoms with Crippen molar-refractivity contribution in [2.24, 2.45) is 0 Å². The highest BCUT2D eigenvalue weighted by molar-refractivity contribution is 9.10. The highest BCUT2D eigenvalue weighted by atomic mass is 79.9. The molecule has 0 spiro atoms. The maximum absolute atomic E-state index is 12.5. The first kappa shape index (κ1) is 16.9. The summed E-state index contributed by atoms with van der Waals surface area (Å²) >= 11 is 6.73. The van der Waals surface area contributed by atoms with Gasteiger partial charge in [-0.25, -0.2) is 4.98 Å². The number of nitrogens with zero attached hydrogens (tertiary/aromatic N) is 2. The molecule has 3 aromatic rings. The molecule has 1 aromatic heterocycles. The molecule has 3 rings (SSSR count). The molecule has 0 bridgehead atoms. The van der Waals surface area contributed by atoms with E-state index in [4.69, 9.17) is 0 Å². The van der Waals surface area contributed by atoms with Gasteiger partial charge in [0.2, 0.25) is 5.91 Å². The number of fused-ring (bicyclic) bond motifs is 1. The highest BCUT2D eigenvalue weighted by Crippen LogP contribution is 2.21. The zero-order valence-electron chi connectivity index (χ0n) is 12.5. The van der Waals surface area contributed by atoms with Crippen molar-refractivity contribution in [1.82, 2.24) is 9.55 Å². The number of nitrogens with one attached hydrogen (secondary N) is 1. The van der Waals surface area contributed by atoms with E-state index in [2.05, 4.69) is 42.2 Å². The number of hydrogen-bond acceptors (Lipinski definition) is 3. The number of para-hydroxylation sites is 1. The van der Waals surface area contributed by atoms with Crippen molar-refractivity contribution in [3.8, 4) is 0 Å². The van der Waals surface area contributed by atoms with Crippen LogP contribution in [0.1, 0.15) is 6.42 Å². The van der Waals surface area contributed by atoms with E-state index in [1.807, 2.05) is 30.3 Å². The lowest BCUT2D eigenvalue weighted by Crippen LogP contribution is -2.23. The molecule has 1 N–H and O–H groups in total. The largest absolute Gasteiger partial charge is 0.325 e. The summed E-state index contributed by atoms with van der Waals surface area (Å²) in [6.07, 6.45) is 1.66. The van der Waals surface area contributed by atoms with Crippen molar-refractivity contribution in [1.29, 1.82) is 0 Å². The third kappa shape index (κ3) is 3.73. The maximum Gasteiger partial charge on any atom is 0.261 e. The maximum atomic E-state index is 12.5. The van der Waals surface area contributed by atoms with Gasteiger partial charge in [0, 0.05) is 21.9 Å². The summed E-state index contributed by atoms with van der Waals surface area (Å²) in [5.41, 5.74) is 1.18. The third-order valence-corrected chi connectivity index (χ3v) is 4.70. The summed E-state index contributed by atoms with van der Waals surface area (Å²) < 4.78 is 3.08. The van der Waals surface area contributed by atoms with Crippen LogP contribution < -0.4 is 10.9 Å². The van der Waals surface area contributed by atoms with Gasteiger partial charge in [-0.05, 0) is 46.3 Å². The first-order chi connectivity index (χ1) is 11.5. The second-order valence-electron chi connectivity index (χ2n) is 5.18. The van der Waals surface area contributed by atoms with E-state index in [0.29, 0.717) is 16.6 Å². The van der Waals surface area contributed by atoms with Crippen LogP contribution in [-0.2, 0) is 11.3 Å². The van der Waals surface area contributed by atoms with Gasteiger partial charge in [-0.1, -0.05) is 28.1 Å². The van der Waals surface area contributed by atoms with E-state index in [-0.39, 0.29) is 24.4 Å². The number of rotatable bonds is 4. The van der Waals surface area contributed by atoms with Crippen LogP contribution in [0.3, 0.4) is 0 Å². The minimum atomic E-state index is -0.164. The minimum absolute atomic E-state index is 0.157. The van der Waals surface area contributed by atoms with E-state index in [1.54, 1.807) is 12.1 Å². The van der Waals surface area contributed by atoms with Crippen molar-refractivity contribution < 1.29 is 4.79 Å². The number of carbonyl (C=O) groups excluding carboxylic acids is 1. The number of hydrogen-bond donors (Lipinski definition) is 1. The van der Waals surface area contributed by atoms with Crippen LogP contribution in [0.4, 0.5) is 5.69 Å². The molecule has 0 fully saturated rings. The molecule has 0 atom stereocenters. The molecule has 0 aliphatic rings. The number of aryl methyl sites for hydroxylation is 1. The van der Waals surface area contributed by atoms with Crippen molar-refractivity contribution in [3.63, 3.8) is 0 Å². The first-order valence-corrected chi connectivity index (χ1v) is 8.82. The Morgan fingerprint density at radius 3 is 2.75 bits per heavy atom. The van der Waals surface area contributed by atoms with Gasteiger partial charge >= 0.3 is 0 Å². The van der Waals surface area contributed by atoms with Crippen molar-refractivity contribution in [2.75, 3.05) is 5.32 Å². The second-order valence-corrected chi connectivity index (χ2v) is 6.95. The molecule has 0 radical (unpaired) electrons. The zero-order valence-corrected chi connectivity index (χ0v) is 15.7. The van der Waals surface area contributed by atoms with Gasteiger partial charge in [-0.2, -0.15) is 0 Å². The van der Waals surface area contributed by atoms with Crippen LogP contribution in [0.15, 0.2) is 62.5 Å². The normalized spacial score (nSPS) is 10.8. The predicted molar refractivity (Wildman–Crippen MR) is 101 cm³/mol. The quantitative estimate of drug-likeness (QED) is 0.654. The molecule has 0 aliphatic carbocycles. The standard InChI is InChI=1S/C17H13Br2N3O2/c18-11-5-6-14-12(9-11)17(24)22(10-20-14)8-7-16(23)21-15-4-2-1-3-13(15)19/h1-6,9-10H,7-8H2,(H,21,23). The molecule has 1 heterocycles. The second kappa shape index (κ2) is 7.27. The summed E-state index contributed by atoms with van der Waals surface area (Å²) in [5.74, 6) is -0.164. The highest BCUT2D eigenvalue weighted by Gasteiger charge is 2.08. The fourth-order valence-corrected chi connectivity index (χ4v) is 3.03. The number of benzene rings is 2. The number of aromatic nitrogens is 2. The minimum Gasteiger partial charge on any atom is -0.325 e. The number of halogens is 2. The lowest BCUT2D eigenvalue weighted by atomic mass is 10.2. The van der Waals surface area contributed by atoms with E-state index in [9.17, 15) is 9.59 Å². The van der Waals surface area contributed by atoms with Crippen molar-refractivity contribution in [2.45, 2.75) is 13.0 Å². The van der Waals surface area contributed by atoms with Crippen LogP contribution in [0.2, 0.25) is 0 Å². The molecule has 122 valence electrons. The van der Waals surface area contributed by atoms with Crippen LogP contribution >= 0.6 is 31.9 Å². The van der Waals surface area contributed by atoms with E-state index in [1.165, 1.54) is 10.9 Å². The summed E-state index contributed by atoms with van der Waals surface area (Å²) in [6, 6.07) is 12.7. The van der Waals surface area contributed by atoms with Crippen LogP contribution in [0.5, 0.6) is 0 Å². The zero-order chi connectivity index (χ0) is 17.1. The fraction of sp³-hybridized carbons (Fsp3) is 0.118. The molecule has 2 aromatic carbocycles. The molecular weight excluding hydrogens is 438 g/mol. The first-order valence-electron chi connectivity index (χ1n) is 7.23. The molecular formula is C17H13Br2N3O2. The summed E-state index contributed by atoms with van der Waals surface area (Å²) in [4.78, 5) is 28.8. The van der Waals surface area contributed by atoms with Gasteiger partial charge in [0.1, 0.15) is 0 Å². The Balaban J connectivity index is 1.74. The molecule has 5 nitrogen and oxygen atoms in total. The Bertz CT molecular complexity index is 969. The van der Waals surface area contributed by atoms with Crippen molar-refractivity contribution in [3.05, 3.63) is 68.1 Å². The SMILES string of the molecule is O=C(CCn1cnc2ccc(Br)cc2c1=O)Nc1ccccc1Br. The summed E-state index contributed by atoms with van der Waals surface area (Å²) in [5, 5.41) is 3.34. The van der Waals surface area contributed by atoms with Gasteiger partial charge in [0.15, 0.2) is 0 Å². The Hall–Kier alpha value is -1.99. The van der Waals surface area contributed by atoms with Crippen LogP contribution in [0, 0.1) is 0 Å². The van der Waals surface area contributed by atoms with Gasteiger partial charge < -0.3 is 5.32 Å². The van der Waals surface area contributed by atoms with Gasteiger partial charge in [0.25, 0.3) is 5.56 Å². The van der Waals surface area contributed by atoms with Crippen LogP contribution in [-0.4, -0.2) is 15.5 Å². The van der Waals surface area contributed by atoms with E-state index < -0.39 is 0 Å². The molecule has 0 aliphatic heterocycles.